The summed E-state index contributed by atoms with van der Waals surface area (Å²) in [7, 11) is 6.16. The molecule has 1 N–H and O–H groups in total. The van der Waals surface area contributed by atoms with Crippen LogP contribution in [0, 0.1) is 0 Å². The van der Waals surface area contributed by atoms with Gasteiger partial charge in [0.05, 0.1) is 27.7 Å². The van der Waals surface area contributed by atoms with Gasteiger partial charge in [0.25, 0.3) is 0 Å². The first-order chi connectivity index (χ1) is 10.8. The van der Waals surface area contributed by atoms with Gasteiger partial charge < -0.3 is 9.59 Å². The minimum Gasteiger partial charge on any atom is -0.391 e. The van der Waals surface area contributed by atoms with E-state index in [9.17, 15) is 9.59 Å². The van der Waals surface area contributed by atoms with Gasteiger partial charge in [-0.25, -0.2) is 0 Å². The lowest BCUT2D eigenvalue weighted by atomic mass is 10.0. The number of hydrogen-bond donors (Lipinski definition) is 1. The fourth-order valence-electron chi connectivity index (χ4n) is 1.74. The smallest absolute Gasteiger partial charge is 0.233 e. The third-order valence-electron chi connectivity index (χ3n) is 3.05. The van der Waals surface area contributed by atoms with Crippen molar-refractivity contribution in [1.29, 1.82) is 0 Å². The zero-order valence-electron chi connectivity index (χ0n) is 13.9. The molecular formula is C19H24NO3+. The highest BCUT2D eigenvalue weighted by atomic mass is 16.3. The predicted octanol–water partition coefficient (Wildman–Crippen LogP) is 2.44. The number of carbonyl (C=O) groups is 2. The largest absolute Gasteiger partial charge is 0.391 e. The van der Waals surface area contributed by atoms with E-state index in [1.165, 1.54) is 0 Å². The summed E-state index contributed by atoms with van der Waals surface area (Å²) in [5.74, 6) is -0.932. The van der Waals surface area contributed by atoms with Crippen LogP contribution in [0.2, 0.25) is 0 Å². The van der Waals surface area contributed by atoms with E-state index in [1.54, 1.807) is 48.5 Å². The molecule has 0 aliphatic heterocycles. The van der Waals surface area contributed by atoms with Gasteiger partial charge in [0.15, 0.2) is 0 Å². The number of aliphatic hydroxyl groups is 1. The van der Waals surface area contributed by atoms with E-state index in [0.717, 1.165) is 11.0 Å². The molecule has 0 aromatic heterocycles. The summed E-state index contributed by atoms with van der Waals surface area (Å²) in [6.07, 6.45) is 0. The Hall–Kier alpha value is -2.30. The molecule has 2 aromatic rings. The normalized spacial score (nSPS) is 10.4. The molecule has 0 radical (unpaired) electrons. The number of likely N-dealkylation sites (N-methyl/N-ethyl adjacent to an activating group) is 1. The van der Waals surface area contributed by atoms with Gasteiger partial charge in [-0.1, -0.05) is 60.7 Å². The number of benzene rings is 2. The second-order valence-electron chi connectivity index (χ2n) is 6.13. The highest BCUT2D eigenvalue weighted by molar-refractivity contribution is 6.49. The molecule has 0 saturated carbocycles. The fraction of sp³-hybridized carbons (Fsp3) is 0.263. The lowest BCUT2D eigenvalue weighted by Gasteiger charge is -2.21. The van der Waals surface area contributed by atoms with Crippen molar-refractivity contribution in [3.05, 3.63) is 71.8 Å². The van der Waals surface area contributed by atoms with Crippen LogP contribution in [0.1, 0.15) is 20.7 Å². The average Bonchev–Trinajstić information content (AvgIpc) is 2.54. The lowest BCUT2D eigenvalue weighted by molar-refractivity contribution is -0.870. The minimum atomic E-state index is -0.466. The van der Waals surface area contributed by atoms with Crippen molar-refractivity contribution < 1.29 is 19.2 Å². The number of aliphatic hydroxyl groups excluding tert-OH is 1. The van der Waals surface area contributed by atoms with Gasteiger partial charge in [0.1, 0.15) is 6.54 Å². The SMILES string of the molecule is C[N+](C)(C)CCO.O=C(C(=O)c1ccccc1)c1ccccc1. The molecule has 2 aromatic carbocycles. The second kappa shape index (κ2) is 8.98. The molecule has 0 heterocycles. The van der Waals surface area contributed by atoms with E-state index in [1.807, 2.05) is 12.1 Å². The van der Waals surface area contributed by atoms with E-state index in [0.29, 0.717) is 11.1 Å². The Balaban J connectivity index is 0.000000322. The number of hydrogen-bond acceptors (Lipinski definition) is 3. The maximum atomic E-state index is 11.8. The van der Waals surface area contributed by atoms with Crippen LogP contribution >= 0.6 is 0 Å². The molecule has 0 fully saturated rings. The summed E-state index contributed by atoms with van der Waals surface area (Å²) < 4.78 is 0.844. The Kier molecular flexibility index (Phi) is 7.32. The van der Waals surface area contributed by atoms with E-state index < -0.39 is 11.6 Å². The van der Waals surface area contributed by atoms with Gasteiger partial charge in [-0.05, 0) is 0 Å². The highest BCUT2D eigenvalue weighted by Crippen LogP contribution is 2.07. The monoisotopic (exact) mass is 314 g/mol. The second-order valence-corrected chi connectivity index (χ2v) is 6.13. The number of quaternary nitrogens is 1. The Morgan fingerprint density at radius 3 is 1.35 bits per heavy atom. The fourth-order valence-corrected chi connectivity index (χ4v) is 1.74. The molecule has 4 heteroatoms. The zero-order chi connectivity index (χ0) is 17.3. The maximum Gasteiger partial charge on any atom is 0.233 e. The molecule has 122 valence electrons. The highest BCUT2D eigenvalue weighted by Gasteiger charge is 2.17. The Morgan fingerprint density at radius 2 is 1.13 bits per heavy atom. The summed E-state index contributed by atoms with van der Waals surface area (Å²) in [5, 5.41) is 8.39. The Labute approximate surface area is 137 Å². The van der Waals surface area contributed by atoms with Crippen molar-refractivity contribution in [3.63, 3.8) is 0 Å². The van der Waals surface area contributed by atoms with Crippen LogP contribution in [0.15, 0.2) is 60.7 Å². The van der Waals surface area contributed by atoms with Crippen LogP contribution in [-0.4, -0.2) is 55.5 Å². The number of Topliss-reactive ketones (excluding diaryl/α,β-unsaturated/α-hetero) is 2. The molecule has 4 nitrogen and oxygen atoms in total. The molecule has 0 saturated heterocycles. The molecule has 2 rings (SSSR count). The van der Waals surface area contributed by atoms with Crippen LogP contribution in [0.5, 0.6) is 0 Å². The van der Waals surface area contributed by atoms with Gasteiger partial charge >= 0.3 is 0 Å². The summed E-state index contributed by atoms with van der Waals surface area (Å²) in [6, 6.07) is 17.2. The maximum absolute atomic E-state index is 11.8. The predicted molar refractivity (Wildman–Crippen MR) is 91.5 cm³/mol. The average molecular weight is 314 g/mol. The number of rotatable bonds is 5. The van der Waals surface area contributed by atoms with E-state index in [-0.39, 0.29) is 6.61 Å². The molecule has 0 unspecified atom stereocenters. The van der Waals surface area contributed by atoms with Crippen molar-refractivity contribution >= 4 is 11.6 Å². The van der Waals surface area contributed by atoms with Gasteiger partial charge in [-0.15, -0.1) is 0 Å². The van der Waals surface area contributed by atoms with Crippen LogP contribution in [-0.2, 0) is 0 Å². The first-order valence-electron chi connectivity index (χ1n) is 7.45. The third kappa shape index (κ3) is 7.00. The van der Waals surface area contributed by atoms with Crippen molar-refractivity contribution in [1.82, 2.24) is 0 Å². The van der Waals surface area contributed by atoms with Gasteiger partial charge in [-0.2, -0.15) is 0 Å². The molecule has 0 spiro atoms. The summed E-state index contributed by atoms with van der Waals surface area (Å²) in [6.45, 7) is 1.11. The zero-order valence-corrected chi connectivity index (χ0v) is 13.9. The van der Waals surface area contributed by atoms with Crippen molar-refractivity contribution in [2.75, 3.05) is 34.3 Å². The van der Waals surface area contributed by atoms with Gasteiger partial charge in [-0.3, -0.25) is 9.59 Å². The van der Waals surface area contributed by atoms with Crippen molar-refractivity contribution in [3.8, 4) is 0 Å². The first-order valence-corrected chi connectivity index (χ1v) is 7.45. The molecule has 0 bridgehead atoms. The molecule has 0 atom stereocenters. The Morgan fingerprint density at radius 1 is 0.783 bits per heavy atom. The number of carbonyl (C=O) groups excluding carboxylic acids is 2. The third-order valence-corrected chi connectivity index (χ3v) is 3.05. The summed E-state index contributed by atoms with van der Waals surface area (Å²) in [5.41, 5.74) is 0.854. The van der Waals surface area contributed by atoms with Crippen molar-refractivity contribution in [2.24, 2.45) is 0 Å². The van der Waals surface area contributed by atoms with Crippen LogP contribution in [0.3, 0.4) is 0 Å². The standard InChI is InChI=1S/C14H10O2.C5H14NO/c15-13(11-7-3-1-4-8-11)14(16)12-9-5-2-6-10-12;1-6(2,3)4-5-7/h1-10H;7H,4-5H2,1-3H3/q;+1. The molecule has 23 heavy (non-hydrogen) atoms. The van der Waals surface area contributed by atoms with Crippen LogP contribution in [0.25, 0.3) is 0 Å². The quantitative estimate of drug-likeness (QED) is 0.524. The van der Waals surface area contributed by atoms with E-state index >= 15 is 0 Å². The summed E-state index contributed by atoms with van der Waals surface area (Å²) in [4.78, 5) is 23.6. The molecule has 0 aliphatic carbocycles. The Bertz CT molecular complexity index is 567. The van der Waals surface area contributed by atoms with Crippen LogP contribution < -0.4 is 0 Å². The van der Waals surface area contributed by atoms with Gasteiger partial charge in [0.2, 0.25) is 11.6 Å². The van der Waals surface area contributed by atoms with E-state index in [4.69, 9.17) is 5.11 Å². The topological polar surface area (TPSA) is 54.4 Å². The number of ketones is 2. The van der Waals surface area contributed by atoms with Gasteiger partial charge in [0, 0.05) is 11.1 Å². The number of nitrogens with zero attached hydrogens (tertiary/aromatic N) is 1. The molecule has 0 amide bonds. The van der Waals surface area contributed by atoms with Crippen molar-refractivity contribution in [2.45, 2.75) is 0 Å². The lowest BCUT2D eigenvalue weighted by Crippen LogP contribution is -2.36. The molecule has 0 aliphatic rings. The first kappa shape index (κ1) is 18.7. The van der Waals surface area contributed by atoms with E-state index in [2.05, 4.69) is 21.1 Å². The summed E-state index contributed by atoms with van der Waals surface area (Å²) >= 11 is 0. The molecular weight excluding hydrogens is 290 g/mol. The minimum absolute atomic E-state index is 0.281. The van der Waals surface area contributed by atoms with Crippen LogP contribution in [0.4, 0.5) is 0 Å².